The molecular weight excluding hydrogens is 209 g/mol. The number of alkyl halides is 1. The Kier molecular flexibility index (Phi) is 5.07. The van der Waals surface area contributed by atoms with E-state index in [2.05, 4.69) is 0 Å². The zero-order valence-electron chi connectivity index (χ0n) is 3.81. The minimum atomic E-state index is -2.91. The van der Waals surface area contributed by atoms with Crippen LogP contribution in [-0.4, -0.2) is 11.6 Å². The molecule has 0 aliphatic carbocycles. The van der Waals surface area contributed by atoms with Crippen LogP contribution in [0.3, 0.4) is 0 Å². The second kappa shape index (κ2) is 4.29. The highest BCUT2D eigenvalue weighted by molar-refractivity contribution is 8.72. The van der Waals surface area contributed by atoms with E-state index in [1.807, 2.05) is 0 Å². The molecule has 8 heavy (non-hydrogen) atoms. The fourth-order valence-corrected chi connectivity index (χ4v) is 3.13. The van der Waals surface area contributed by atoms with Crippen molar-refractivity contribution in [2.24, 2.45) is 0 Å². The molecule has 50 valence electrons. The molecule has 0 bridgehead atoms. The van der Waals surface area contributed by atoms with Gasteiger partial charge < -0.3 is 0 Å². The summed E-state index contributed by atoms with van der Waals surface area (Å²) in [5.74, 6) is 0.958. The summed E-state index contributed by atoms with van der Waals surface area (Å²) in [7, 11) is 0. The average molecular weight is 213 g/mol. The predicted molar refractivity (Wildman–Crippen MR) is 42.5 cm³/mol. The van der Waals surface area contributed by atoms with Crippen LogP contribution in [0, 0.1) is 0 Å². The predicted octanol–water partition coefficient (Wildman–Crippen LogP) is 3.54. The zero-order chi connectivity index (χ0) is 6.62. The van der Waals surface area contributed by atoms with Gasteiger partial charge in [-0.1, -0.05) is 11.4 Å². The normalized spacial score (nSPS) is 11.9. The summed E-state index contributed by atoms with van der Waals surface area (Å²) < 4.78 is 10.4. The van der Waals surface area contributed by atoms with Crippen LogP contribution in [0.15, 0.2) is 0 Å². The van der Waals surface area contributed by atoms with Crippen molar-refractivity contribution in [1.29, 1.82) is 0 Å². The number of rotatable bonds is 3. The summed E-state index contributed by atoms with van der Waals surface area (Å²) in [6.07, 6.45) is 0. The van der Waals surface area contributed by atoms with Crippen molar-refractivity contribution in [3.63, 3.8) is 0 Å². The van der Waals surface area contributed by atoms with E-state index in [-0.39, 0.29) is 0 Å². The maximum atomic E-state index is 10.4. The fraction of sp³-hybridized carbons (Fsp3) is 1.00. The highest BCUT2D eigenvalue weighted by Gasteiger charge is 2.12. The van der Waals surface area contributed by atoms with Gasteiger partial charge in [0, 0.05) is 11.6 Å². The second-order valence-electron chi connectivity index (χ2n) is 0.937. The Morgan fingerprint density at radius 1 is 1.50 bits per heavy atom. The molecule has 0 saturated heterocycles. The van der Waals surface area contributed by atoms with Crippen LogP contribution in [0.2, 0.25) is 0 Å². The van der Waals surface area contributed by atoms with Gasteiger partial charge in [-0.3, -0.25) is 4.57 Å². The minimum absolute atomic E-state index is 0.425. The Labute approximate surface area is 66.8 Å². The van der Waals surface area contributed by atoms with E-state index in [9.17, 15) is 4.57 Å². The van der Waals surface area contributed by atoms with Gasteiger partial charge in [0.2, 0.25) is 0 Å². The van der Waals surface area contributed by atoms with Gasteiger partial charge in [0.05, 0.1) is 0 Å². The van der Waals surface area contributed by atoms with Gasteiger partial charge in [0.15, 0.2) is 0 Å². The molecular formula is C2H4Cl3OPS. The molecule has 1 nitrogen and oxygen atoms in total. The van der Waals surface area contributed by atoms with Gasteiger partial charge in [-0.2, -0.15) is 0 Å². The van der Waals surface area contributed by atoms with Gasteiger partial charge in [0.25, 0.3) is 0 Å². The highest BCUT2D eigenvalue weighted by atomic mass is 35.9. The van der Waals surface area contributed by atoms with Gasteiger partial charge in [-0.15, -0.1) is 11.6 Å². The minimum Gasteiger partial charge on any atom is -0.277 e. The summed E-state index contributed by atoms with van der Waals surface area (Å²) in [4.78, 5) is 0. The molecule has 0 aromatic rings. The first-order chi connectivity index (χ1) is 3.56. The maximum absolute atomic E-state index is 10.4. The van der Waals surface area contributed by atoms with Crippen molar-refractivity contribution < 1.29 is 4.57 Å². The van der Waals surface area contributed by atoms with Gasteiger partial charge in [-0.05, 0) is 22.5 Å². The topological polar surface area (TPSA) is 17.1 Å². The van der Waals surface area contributed by atoms with E-state index in [0.717, 1.165) is 11.4 Å². The molecule has 0 heterocycles. The van der Waals surface area contributed by atoms with Gasteiger partial charge in [0.1, 0.15) is 0 Å². The Hall–Kier alpha value is 1.45. The molecule has 0 atom stereocenters. The third-order valence-corrected chi connectivity index (χ3v) is 4.63. The zero-order valence-corrected chi connectivity index (χ0v) is 7.79. The van der Waals surface area contributed by atoms with Crippen LogP contribution in [-0.2, 0) is 4.57 Å². The fourth-order valence-electron chi connectivity index (χ4n) is 0.141. The van der Waals surface area contributed by atoms with E-state index in [1.165, 1.54) is 0 Å². The molecule has 0 fully saturated rings. The lowest BCUT2D eigenvalue weighted by molar-refractivity contribution is 0.600. The van der Waals surface area contributed by atoms with E-state index in [1.54, 1.807) is 0 Å². The summed E-state index contributed by atoms with van der Waals surface area (Å²) >= 11 is 16.5. The van der Waals surface area contributed by atoms with E-state index < -0.39 is 5.05 Å². The Balaban J connectivity index is 3.26. The molecule has 0 aliphatic heterocycles. The molecule has 6 heteroatoms. The van der Waals surface area contributed by atoms with Crippen molar-refractivity contribution >= 4 is 50.5 Å². The van der Waals surface area contributed by atoms with E-state index >= 15 is 0 Å². The Morgan fingerprint density at radius 3 is 2.12 bits per heavy atom. The molecule has 0 aliphatic rings. The highest BCUT2D eigenvalue weighted by Crippen LogP contribution is 2.67. The number of hydrogen-bond donors (Lipinski definition) is 0. The van der Waals surface area contributed by atoms with Crippen molar-refractivity contribution in [2.45, 2.75) is 0 Å². The molecule has 0 saturated carbocycles. The summed E-state index contributed by atoms with van der Waals surface area (Å²) in [5.41, 5.74) is 0. The first-order valence-electron chi connectivity index (χ1n) is 1.76. The Morgan fingerprint density at radius 2 is 2.00 bits per heavy atom. The molecule has 0 amide bonds. The lowest BCUT2D eigenvalue weighted by atomic mass is 11.0. The summed E-state index contributed by atoms with van der Waals surface area (Å²) in [6.45, 7) is 0. The van der Waals surface area contributed by atoms with Crippen LogP contribution >= 0.6 is 50.5 Å². The van der Waals surface area contributed by atoms with Crippen LogP contribution in [0.5, 0.6) is 0 Å². The average Bonchev–Trinajstić information content (AvgIpc) is 1.59. The van der Waals surface area contributed by atoms with Crippen molar-refractivity contribution in [3.8, 4) is 0 Å². The smallest absolute Gasteiger partial charge is 0.277 e. The standard InChI is InChI=1S/C2H4Cl3OPS/c3-1-2-8-7(4,5)6/h1-2H2. The van der Waals surface area contributed by atoms with Crippen LogP contribution in [0.1, 0.15) is 0 Å². The molecule has 0 unspecified atom stereocenters. The maximum Gasteiger partial charge on any atom is 0.307 e. The molecule has 0 aromatic heterocycles. The third kappa shape index (κ3) is 7.45. The summed E-state index contributed by atoms with van der Waals surface area (Å²) in [6, 6.07) is 0. The van der Waals surface area contributed by atoms with E-state index in [4.69, 9.17) is 34.1 Å². The van der Waals surface area contributed by atoms with Crippen molar-refractivity contribution in [2.75, 3.05) is 11.6 Å². The largest absolute Gasteiger partial charge is 0.307 e. The first-order valence-corrected chi connectivity index (χ1v) is 7.40. The SMILES string of the molecule is O=P(Cl)(Cl)SCCCl. The number of halogens is 3. The first kappa shape index (κ1) is 9.45. The lowest BCUT2D eigenvalue weighted by Crippen LogP contribution is -1.71. The van der Waals surface area contributed by atoms with Crippen molar-refractivity contribution in [1.82, 2.24) is 0 Å². The lowest BCUT2D eigenvalue weighted by Gasteiger charge is -1.95. The van der Waals surface area contributed by atoms with Crippen molar-refractivity contribution in [3.05, 3.63) is 0 Å². The van der Waals surface area contributed by atoms with Gasteiger partial charge >= 0.3 is 5.05 Å². The van der Waals surface area contributed by atoms with Crippen LogP contribution in [0.25, 0.3) is 0 Å². The molecule has 0 rings (SSSR count). The van der Waals surface area contributed by atoms with Crippen LogP contribution in [0.4, 0.5) is 0 Å². The monoisotopic (exact) mass is 212 g/mol. The molecule has 0 N–H and O–H groups in total. The molecule has 0 radical (unpaired) electrons. The molecule has 0 spiro atoms. The van der Waals surface area contributed by atoms with Gasteiger partial charge in [-0.25, -0.2) is 0 Å². The summed E-state index contributed by atoms with van der Waals surface area (Å²) in [5, 5.41) is -2.91. The van der Waals surface area contributed by atoms with Crippen LogP contribution < -0.4 is 0 Å². The quantitative estimate of drug-likeness (QED) is 0.527. The molecule has 0 aromatic carbocycles. The third-order valence-electron chi connectivity index (χ3n) is 0.319. The second-order valence-corrected chi connectivity index (χ2v) is 9.71. The van der Waals surface area contributed by atoms with E-state index in [0.29, 0.717) is 11.6 Å². The Bertz CT molecular complexity index is 101. The number of hydrogen-bond acceptors (Lipinski definition) is 2.